The monoisotopic (exact) mass is 272 g/mol. The maximum Gasteiger partial charge on any atom is 0.258 e. The van der Waals surface area contributed by atoms with Gasteiger partial charge in [0.05, 0.1) is 10.4 Å². The summed E-state index contributed by atoms with van der Waals surface area (Å²) in [5.74, 6) is -1.33. The Bertz CT molecular complexity index is 694. The van der Waals surface area contributed by atoms with E-state index in [4.69, 9.17) is 39.1 Å². The number of primary amides is 1. The quantitative estimate of drug-likeness (QED) is 0.827. The average Bonchev–Trinajstić information content (AvgIpc) is 2.19. The van der Waals surface area contributed by atoms with E-state index >= 15 is 0 Å². The first-order valence-electron chi connectivity index (χ1n) is 4.43. The Morgan fingerprint density at radius 1 is 1.29 bits per heavy atom. The minimum atomic E-state index is -0.964. The summed E-state index contributed by atoms with van der Waals surface area (Å²) in [7, 11) is 0. The summed E-state index contributed by atoms with van der Waals surface area (Å²) in [4.78, 5) is 23.0. The topological polar surface area (TPSA) is 99.3 Å². The molecule has 0 aliphatic heterocycles. The molecule has 17 heavy (non-hydrogen) atoms. The molecule has 0 bridgehead atoms. The van der Waals surface area contributed by atoms with Crippen molar-refractivity contribution in [2.75, 3.05) is 5.73 Å². The van der Waals surface area contributed by atoms with Crippen molar-refractivity contribution in [1.29, 1.82) is 0 Å². The van der Waals surface area contributed by atoms with Crippen LogP contribution in [0.25, 0.3) is 11.0 Å². The second-order valence-corrected chi connectivity index (χ2v) is 4.14. The van der Waals surface area contributed by atoms with Crippen molar-refractivity contribution < 1.29 is 9.21 Å². The number of fused-ring (bicyclic) bond motifs is 1. The van der Waals surface area contributed by atoms with Crippen molar-refractivity contribution in [3.8, 4) is 0 Å². The van der Waals surface area contributed by atoms with Crippen LogP contribution in [0, 0.1) is 0 Å². The number of carbonyl (C=O) groups excluding carboxylic acids is 1. The van der Waals surface area contributed by atoms with Gasteiger partial charge in [0.2, 0.25) is 11.3 Å². The molecule has 0 unspecified atom stereocenters. The normalized spacial score (nSPS) is 10.7. The zero-order valence-corrected chi connectivity index (χ0v) is 9.80. The largest absolute Gasteiger partial charge is 0.438 e. The summed E-state index contributed by atoms with van der Waals surface area (Å²) >= 11 is 11.6. The molecule has 1 heterocycles. The molecular weight excluding hydrogens is 267 g/mol. The zero-order valence-electron chi connectivity index (χ0n) is 8.29. The highest BCUT2D eigenvalue weighted by molar-refractivity contribution is 6.38. The summed E-state index contributed by atoms with van der Waals surface area (Å²) in [6, 6.07) is 2.73. The lowest BCUT2D eigenvalue weighted by Crippen LogP contribution is -2.23. The molecule has 2 rings (SSSR count). The third kappa shape index (κ3) is 1.83. The highest BCUT2D eigenvalue weighted by Gasteiger charge is 2.18. The van der Waals surface area contributed by atoms with Gasteiger partial charge in [-0.05, 0) is 12.1 Å². The highest BCUT2D eigenvalue weighted by Crippen LogP contribution is 2.28. The molecule has 7 heteroatoms. The van der Waals surface area contributed by atoms with Crippen LogP contribution in [-0.2, 0) is 0 Å². The second-order valence-electron chi connectivity index (χ2n) is 3.30. The number of hydrogen-bond acceptors (Lipinski definition) is 4. The minimum Gasteiger partial charge on any atom is -0.438 e. The van der Waals surface area contributed by atoms with Crippen LogP contribution >= 0.6 is 23.2 Å². The smallest absolute Gasteiger partial charge is 0.258 e. The third-order valence-corrected chi connectivity index (χ3v) is 2.68. The first kappa shape index (κ1) is 11.8. The van der Waals surface area contributed by atoms with E-state index in [2.05, 4.69) is 0 Å². The maximum atomic E-state index is 11.9. The lowest BCUT2D eigenvalue weighted by atomic mass is 10.1. The summed E-state index contributed by atoms with van der Waals surface area (Å²) in [6.45, 7) is 0. The highest BCUT2D eigenvalue weighted by atomic mass is 35.5. The van der Waals surface area contributed by atoms with Crippen LogP contribution in [-0.4, -0.2) is 5.91 Å². The van der Waals surface area contributed by atoms with Crippen molar-refractivity contribution in [3.63, 3.8) is 0 Å². The van der Waals surface area contributed by atoms with Crippen molar-refractivity contribution in [3.05, 3.63) is 38.0 Å². The van der Waals surface area contributed by atoms with Crippen LogP contribution in [0.3, 0.4) is 0 Å². The van der Waals surface area contributed by atoms with Crippen LogP contribution in [0.5, 0.6) is 0 Å². The summed E-state index contributed by atoms with van der Waals surface area (Å²) in [5, 5.41) is 0.438. The molecule has 0 saturated carbocycles. The average molecular weight is 273 g/mol. The van der Waals surface area contributed by atoms with Gasteiger partial charge in [-0.3, -0.25) is 9.59 Å². The molecule has 2 aromatic rings. The van der Waals surface area contributed by atoms with E-state index in [1.807, 2.05) is 0 Å². The Kier molecular flexibility index (Phi) is 2.73. The van der Waals surface area contributed by atoms with Gasteiger partial charge in [-0.1, -0.05) is 23.2 Å². The first-order chi connectivity index (χ1) is 7.91. The molecule has 0 fully saturated rings. The van der Waals surface area contributed by atoms with Gasteiger partial charge in [-0.15, -0.1) is 0 Å². The molecule has 0 radical (unpaired) electrons. The summed E-state index contributed by atoms with van der Waals surface area (Å²) in [6.07, 6.45) is 0. The predicted octanol–water partition coefficient (Wildman–Crippen LogP) is 1.78. The van der Waals surface area contributed by atoms with E-state index in [0.717, 1.165) is 0 Å². The number of nitrogen functional groups attached to an aromatic ring is 1. The fraction of sp³-hybridized carbons (Fsp3) is 0. The zero-order chi connectivity index (χ0) is 12.7. The number of carbonyl (C=O) groups is 1. The number of amides is 1. The van der Waals surface area contributed by atoms with Gasteiger partial charge in [0.1, 0.15) is 5.56 Å². The molecule has 1 aromatic heterocycles. The van der Waals surface area contributed by atoms with Gasteiger partial charge in [-0.25, -0.2) is 0 Å². The molecule has 0 atom stereocenters. The molecule has 1 aromatic carbocycles. The lowest BCUT2D eigenvalue weighted by molar-refractivity contribution is 0.0999. The molecular formula is C10H6Cl2N2O3. The number of nitrogens with two attached hydrogens (primary N) is 2. The molecule has 4 N–H and O–H groups in total. The Hall–Kier alpha value is -1.72. The Morgan fingerprint density at radius 2 is 1.94 bits per heavy atom. The van der Waals surface area contributed by atoms with E-state index in [9.17, 15) is 9.59 Å². The Balaban J connectivity index is 3.03. The second kappa shape index (κ2) is 3.94. The predicted molar refractivity (Wildman–Crippen MR) is 65.4 cm³/mol. The van der Waals surface area contributed by atoms with Gasteiger partial charge < -0.3 is 15.9 Å². The summed E-state index contributed by atoms with van der Waals surface area (Å²) in [5.41, 5.74) is 9.49. The van der Waals surface area contributed by atoms with E-state index in [1.54, 1.807) is 0 Å². The van der Waals surface area contributed by atoms with Crippen LogP contribution in [0.2, 0.25) is 10.0 Å². The van der Waals surface area contributed by atoms with Gasteiger partial charge in [0.15, 0.2) is 5.58 Å². The molecule has 1 amide bonds. The lowest BCUT2D eigenvalue weighted by Gasteiger charge is -2.05. The maximum absolute atomic E-state index is 11.9. The van der Waals surface area contributed by atoms with Crippen molar-refractivity contribution in [1.82, 2.24) is 0 Å². The van der Waals surface area contributed by atoms with Gasteiger partial charge in [0, 0.05) is 5.02 Å². The number of anilines is 1. The molecule has 0 aliphatic carbocycles. The molecule has 0 aliphatic rings. The number of halogens is 2. The molecule has 5 nitrogen and oxygen atoms in total. The van der Waals surface area contributed by atoms with Crippen molar-refractivity contribution in [2.24, 2.45) is 5.73 Å². The van der Waals surface area contributed by atoms with Crippen LogP contribution in [0.4, 0.5) is 5.88 Å². The van der Waals surface area contributed by atoms with Crippen molar-refractivity contribution in [2.45, 2.75) is 0 Å². The standard InChI is InChI=1S/C10H6Cl2N2O3/c11-3-1-4-7(15)6(9(13)16)10(14)17-8(4)5(12)2-3/h1-2H,14H2,(H2,13,16). The van der Waals surface area contributed by atoms with Crippen LogP contribution in [0.15, 0.2) is 21.3 Å². The van der Waals surface area contributed by atoms with Gasteiger partial charge >= 0.3 is 0 Å². The number of benzene rings is 1. The van der Waals surface area contributed by atoms with Crippen LogP contribution in [0.1, 0.15) is 10.4 Å². The first-order valence-corrected chi connectivity index (χ1v) is 5.18. The minimum absolute atomic E-state index is 0.0606. The van der Waals surface area contributed by atoms with Gasteiger partial charge in [-0.2, -0.15) is 0 Å². The Labute approximate surface area is 105 Å². The fourth-order valence-electron chi connectivity index (χ4n) is 1.47. The molecule has 0 saturated heterocycles. The molecule has 88 valence electrons. The fourth-order valence-corrected chi connectivity index (χ4v) is 2.01. The van der Waals surface area contributed by atoms with E-state index in [1.165, 1.54) is 12.1 Å². The van der Waals surface area contributed by atoms with E-state index in [0.29, 0.717) is 0 Å². The SMILES string of the molecule is NC(=O)c1c(N)oc2c(Cl)cc(Cl)cc2c1=O. The summed E-state index contributed by atoms with van der Waals surface area (Å²) < 4.78 is 5.11. The number of hydrogen-bond donors (Lipinski definition) is 2. The third-order valence-electron chi connectivity index (χ3n) is 2.18. The van der Waals surface area contributed by atoms with Crippen LogP contribution < -0.4 is 16.9 Å². The van der Waals surface area contributed by atoms with E-state index < -0.39 is 16.9 Å². The Morgan fingerprint density at radius 3 is 2.53 bits per heavy atom. The molecule has 0 spiro atoms. The van der Waals surface area contributed by atoms with Crippen molar-refractivity contribution >= 4 is 46.0 Å². The van der Waals surface area contributed by atoms with Gasteiger partial charge in [0.25, 0.3) is 5.91 Å². The number of rotatable bonds is 1. The van der Waals surface area contributed by atoms with E-state index in [-0.39, 0.29) is 26.9 Å².